The van der Waals surface area contributed by atoms with Crippen LogP contribution in [0.5, 0.6) is 5.75 Å². The average Bonchev–Trinajstić information content (AvgIpc) is 3.80. The molecule has 0 radical (unpaired) electrons. The van der Waals surface area contributed by atoms with E-state index in [4.69, 9.17) is 38.4 Å². The molecule has 0 saturated carbocycles. The number of pyridine rings is 1. The van der Waals surface area contributed by atoms with Gasteiger partial charge in [0.15, 0.2) is 11.6 Å². The summed E-state index contributed by atoms with van der Waals surface area (Å²) in [5, 5.41) is 10.6. The second-order valence-corrected chi connectivity index (χ2v) is 14.8. The first-order chi connectivity index (χ1) is 26.6. The number of hydrogen-bond acceptors (Lipinski definition) is 10. The van der Waals surface area contributed by atoms with E-state index in [1.165, 1.54) is 12.1 Å². The van der Waals surface area contributed by atoms with Crippen LogP contribution >= 0.6 is 23.2 Å². The largest absolute Gasteiger partial charge is 0.482 e. The summed E-state index contributed by atoms with van der Waals surface area (Å²) in [6.07, 6.45) is 8.23. The predicted octanol–water partition coefficient (Wildman–Crippen LogP) is 6.03. The van der Waals surface area contributed by atoms with Gasteiger partial charge in [-0.2, -0.15) is 5.10 Å². The Hall–Kier alpha value is -4.76. The summed E-state index contributed by atoms with van der Waals surface area (Å²) in [5.41, 5.74) is 10.4. The highest BCUT2D eigenvalue weighted by atomic mass is 35.5. The standard InChI is InChI=1S/C39H43Cl2FN8O5/c1-23(35-29(40)6-7-30(42)36(35)41)55-33-18-24(19-45-37(33)43)25-20-46-50(21-25)26-10-14-48(15-11-26)13-3-16-54-17-12-44-31-5-2-4-27-28(31)22-49(39(27)53)32-8-9-34(51)47-38(32)52/h2,4-7,18-21,23,26,32,44H,3,8-17,22H2,1H3,(H2,43,45)(H,47,51,52)/t23-,32?/m1/s1. The van der Waals surface area contributed by atoms with Crippen LogP contribution in [0.15, 0.2) is 55.0 Å². The molecule has 3 amide bonds. The number of aromatic nitrogens is 3. The molecule has 2 aromatic carbocycles. The van der Waals surface area contributed by atoms with Crippen LogP contribution in [0.25, 0.3) is 11.1 Å². The van der Waals surface area contributed by atoms with Crippen molar-refractivity contribution < 1.29 is 28.2 Å². The van der Waals surface area contributed by atoms with Crippen molar-refractivity contribution in [3.63, 3.8) is 0 Å². The van der Waals surface area contributed by atoms with Gasteiger partial charge in [-0.15, -0.1) is 0 Å². The molecule has 16 heteroatoms. The lowest BCUT2D eigenvalue weighted by atomic mass is 10.0. The molecular weight excluding hydrogens is 750 g/mol. The minimum Gasteiger partial charge on any atom is -0.482 e. The highest BCUT2D eigenvalue weighted by Crippen LogP contribution is 2.37. The molecule has 0 bridgehead atoms. The zero-order valence-corrected chi connectivity index (χ0v) is 31.9. The lowest BCUT2D eigenvalue weighted by molar-refractivity contribution is -0.136. The highest BCUT2D eigenvalue weighted by Gasteiger charge is 2.39. The Labute approximate surface area is 328 Å². The van der Waals surface area contributed by atoms with Crippen LogP contribution in [-0.2, 0) is 20.9 Å². The maximum atomic E-state index is 14.1. The number of halogens is 3. The fourth-order valence-corrected chi connectivity index (χ4v) is 8.15. The number of carbonyl (C=O) groups excluding carboxylic acids is 3. The molecule has 2 fully saturated rings. The first-order valence-corrected chi connectivity index (χ1v) is 19.2. The van der Waals surface area contributed by atoms with Gasteiger partial charge in [-0.25, -0.2) is 9.37 Å². The van der Waals surface area contributed by atoms with Crippen LogP contribution < -0.4 is 21.1 Å². The quantitative estimate of drug-likeness (QED) is 0.0783. The van der Waals surface area contributed by atoms with Crippen LogP contribution in [0.4, 0.5) is 15.9 Å². The summed E-state index contributed by atoms with van der Waals surface area (Å²) in [4.78, 5) is 45.4. The summed E-state index contributed by atoms with van der Waals surface area (Å²) in [7, 11) is 0. The zero-order valence-electron chi connectivity index (χ0n) is 30.4. The van der Waals surface area contributed by atoms with Crippen molar-refractivity contribution >= 4 is 52.4 Å². The predicted molar refractivity (Wildman–Crippen MR) is 206 cm³/mol. The van der Waals surface area contributed by atoms with Crippen molar-refractivity contribution in [2.45, 2.75) is 63.8 Å². The molecule has 3 aliphatic heterocycles. The number of hydrogen-bond donors (Lipinski definition) is 3. The number of imide groups is 1. The maximum absolute atomic E-state index is 14.1. The Kier molecular flexibility index (Phi) is 11.9. The van der Waals surface area contributed by atoms with E-state index in [-0.39, 0.29) is 35.1 Å². The van der Waals surface area contributed by atoms with E-state index in [0.717, 1.165) is 61.3 Å². The third kappa shape index (κ3) is 8.57. The Morgan fingerprint density at radius 2 is 1.89 bits per heavy atom. The van der Waals surface area contributed by atoms with Crippen molar-refractivity contribution in [3.8, 4) is 16.9 Å². The fourth-order valence-electron chi connectivity index (χ4n) is 7.47. The fraction of sp³-hybridized carbons (Fsp3) is 0.410. The van der Waals surface area contributed by atoms with E-state index in [2.05, 4.69) is 25.6 Å². The molecule has 13 nitrogen and oxygen atoms in total. The topological polar surface area (TPSA) is 157 Å². The third-order valence-electron chi connectivity index (χ3n) is 10.4. The first kappa shape index (κ1) is 38.5. The number of fused-ring (bicyclic) bond motifs is 1. The maximum Gasteiger partial charge on any atom is 0.255 e. The monoisotopic (exact) mass is 792 g/mol. The lowest BCUT2D eigenvalue weighted by Crippen LogP contribution is -2.52. The number of piperidine rings is 2. The molecule has 4 aromatic rings. The number of carbonyl (C=O) groups is 3. The Bertz CT molecular complexity index is 2070. The second-order valence-electron chi connectivity index (χ2n) is 14.0. The van der Waals surface area contributed by atoms with Gasteiger partial charge in [0.05, 0.1) is 23.9 Å². The second kappa shape index (κ2) is 16.9. The molecule has 2 saturated heterocycles. The van der Waals surface area contributed by atoms with Gasteiger partial charge in [-0.05, 0) is 62.9 Å². The van der Waals surface area contributed by atoms with Crippen molar-refractivity contribution in [2.24, 2.45) is 0 Å². The van der Waals surface area contributed by atoms with Crippen molar-refractivity contribution in [1.82, 2.24) is 29.9 Å². The molecule has 0 spiro atoms. The molecule has 3 aliphatic rings. The van der Waals surface area contributed by atoms with Crippen molar-refractivity contribution in [1.29, 1.82) is 0 Å². The minimum absolute atomic E-state index is 0.0935. The normalized spacial score (nSPS) is 18.4. The van der Waals surface area contributed by atoms with Crippen LogP contribution in [0.1, 0.15) is 72.7 Å². The van der Waals surface area contributed by atoms with E-state index in [1.54, 1.807) is 36.4 Å². The molecular formula is C39H43Cl2FN8O5. The molecule has 7 rings (SSSR count). The molecule has 0 aliphatic carbocycles. The van der Waals surface area contributed by atoms with Gasteiger partial charge >= 0.3 is 0 Å². The van der Waals surface area contributed by atoms with Gasteiger partial charge in [0, 0.05) is 96.7 Å². The molecule has 5 heterocycles. The number of rotatable bonds is 14. The summed E-state index contributed by atoms with van der Waals surface area (Å²) < 4.78 is 28.1. The minimum atomic E-state index is -0.677. The molecule has 55 heavy (non-hydrogen) atoms. The van der Waals surface area contributed by atoms with Gasteiger partial charge < -0.3 is 30.3 Å². The Morgan fingerprint density at radius 3 is 2.69 bits per heavy atom. The summed E-state index contributed by atoms with van der Waals surface area (Å²) in [6, 6.07) is 9.62. The summed E-state index contributed by atoms with van der Waals surface area (Å²) >= 11 is 12.5. The number of nitrogens with one attached hydrogen (secondary N) is 2. The van der Waals surface area contributed by atoms with Gasteiger partial charge in [0.1, 0.15) is 18.0 Å². The molecule has 2 atom stereocenters. The summed E-state index contributed by atoms with van der Waals surface area (Å²) in [6.45, 7) is 6.65. The smallest absolute Gasteiger partial charge is 0.255 e. The van der Waals surface area contributed by atoms with E-state index >= 15 is 0 Å². The van der Waals surface area contributed by atoms with Crippen LogP contribution in [-0.4, -0.2) is 87.7 Å². The Morgan fingerprint density at radius 1 is 1.07 bits per heavy atom. The average molecular weight is 794 g/mol. The highest BCUT2D eigenvalue weighted by molar-refractivity contribution is 6.36. The van der Waals surface area contributed by atoms with E-state index in [9.17, 15) is 18.8 Å². The van der Waals surface area contributed by atoms with Gasteiger partial charge in [-0.3, -0.25) is 24.4 Å². The van der Waals surface area contributed by atoms with E-state index < -0.39 is 23.9 Å². The SMILES string of the molecule is C[C@@H](Oc1cc(-c2cnn(C3CCN(CCCOCCNc4cccc5c4CN(C4CCC(=O)NC4=O)C5=O)CC3)c2)cnc1N)c1c(Cl)ccc(F)c1Cl. The lowest BCUT2D eigenvalue weighted by Gasteiger charge is -2.32. The van der Waals surface area contributed by atoms with Crippen LogP contribution in [0, 0.1) is 5.82 Å². The number of likely N-dealkylation sites (tertiary alicyclic amines) is 1. The van der Waals surface area contributed by atoms with Gasteiger partial charge in [-0.1, -0.05) is 29.3 Å². The van der Waals surface area contributed by atoms with Gasteiger partial charge in [0.25, 0.3) is 5.91 Å². The number of nitrogens with two attached hydrogens (primary N) is 1. The first-order valence-electron chi connectivity index (χ1n) is 18.5. The zero-order chi connectivity index (χ0) is 38.6. The van der Waals surface area contributed by atoms with Crippen LogP contribution in [0.3, 0.4) is 0 Å². The number of benzene rings is 2. The Balaban J connectivity index is 0.824. The van der Waals surface area contributed by atoms with Gasteiger partial charge in [0.2, 0.25) is 11.8 Å². The summed E-state index contributed by atoms with van der Waals surface area (Å²) in [5.74, 6) is -0.962. The number of ether oxygens (including phenoxy) is 2. The molecule has 1 unspecified atom stereocenters. The molecule has 290 valence electrons. The number of nitrogen functional groups attached to an aromatic ring is 1. The molecule has 4 N–H and O–H groups in total. The number of amides is 3. The number of nitrogens with zero attached hydrogens (tertiary/aromatic N) is 5. The van der Waals surface area contributed by atoms with Crippen molar-refractivity contribution in [2.75, 3.05) is 50.4 Å². The number of anilines is 2. The molecule has 2 aromatic heterocycles. The van der Waals surface area contributed by atoms with Crippen molar-refractivity contribution in [3.05, 3.63) is 87.5 Å². The van der Waals surface area contributed by atoms with E-state index in [0.29, 0.717) is 54.6 Å². The third-order valence-corrected chi connectivity index (χ3v) is 11.2. The van der Waals surface area contributed by atoms with Crippen LogP contribution in [0.2, 0.25) is 10.0 Å². The van der Waals surface area contributed by atoms with E-state index in [1.807, 2.05) is 23.0 Å².